The zero-order valence-electron chi connectivity index (χ0n) is 13.8. The van der Waals surface area contributed by atoms with Gasteiger partial charge < -0.3 is 9.64 Å². The van der Waals surface area contributed by atoms with Crippen LogP contribution in [0.25, 0.3) is 0 Å². The molecule has 3 nitrogen and oxygen atoms in total. The molecule has 1 heterocycles. The van der Waals surface area contributed by atoms with Gasteiger partial charge in [-0.25, -0.2) is 0 Å². The molecule has 23 heavy (non-hydrogen) atoms. The molecule has 0 aromatic heterocycles. The van der Waals surface area contributed by atoms with Gasteiger partial charge in [0.1, 0.15) is 5.75 Å². The highest BCUT2D eigenvalue weighted by molar-refractivity contribution is 5.77. The minimum atomic E-state index is 0.111. The van der Waals surface area contributed by atoms with Gasteiger partial charge in [0.05, 0.1) is 13.2 Å². The van der Waals surface area contributed by atoms with E-state index in [1.54, 1.807) is 7.11 Å². The maximum absolute atomic E-state index is 12.4. The van der Waals surface area contributed by atoms with Crippen LogP contribution in [0, 0.1) is 0 Å². The van der Waals surface area contributed by atoms with E-state index in [9.17, 15) is 4.79 Å². The topological polar surface area (TPSA) is 29.5 Å². The molecular weight excluding hydrogens is 286 g/mol. The Morgan fingerprint density at radius 1 is 1.22 bits per heavy atom. The number of carbonyl (C=O) groups excluding carboxylic acids is 1. The third kappa shape index (κ3) is 3.24. The number of carbonyl (C=O) groups is 1. The number of nitrogens with zero attached hydrogens (tertiary/aromatic N) is 1. The van der Waals surface area contributed by atoms with Crippen molar-refractivity contribution in [1.82, 2.24) is 4.90 Å². The van der Waals surface area contributed by atoms with Crippen LogP contribution in [0.3, 0.4) is 0 Å². The van der Waals surface area contributed by atoms with Crippen LogP contribution in [0.2, 0.25) is 0 Å². The zero-order chi connectivity index (χ0) is 16.2. The van der Waals surface area contributed by atoms with Crippen LogP contribution in [-0.2, 0) is 17.6 Å². The molecule has 0 bridgehead atoms. The first-order chi connectivity index (χ1) is 11.2. The Hall–Kier alpha value is -2.29. The smallest absolute Gasteiger partial charge is 0.222 e. The molecule has 0 spiro atoms. The largest absolute Gasteiger partial charge is 0.497 e. The summed E-state index contributed by atoms with van der Waals surface area (Å²) in [5, 5.41) is 0. The zero-order valence-corrected chi connectivity index (χ0v) is 13.8. The molecular formula is C20H23NO2. The molecule has 0 fully saturated rings. The fraction of sp³-hybridized carbons (Fsp3) is 0.350. The van der Waals surface area contributed by atoms with Crippen molar-refractivity contribution in [3.8, 4) is 5.75 Å². The van der Waals surface area contributed by atoms with Gasteiger partial charge in [-0.05, 0) is 41.7 Å². The van der Waals surface area contributed by atoms with Crippen molar-refractivity contribution in [1.29, 1.82) is 0 Å². The second kappa shape index (κ2) is 6.86. The molecule has 0 radical (unpaired) electrons. The van der Waals surface area contributed by atoms with Crippen LogP contribution < -0.4 is 4.74 Å². The molecule has 1 atom stereocenters. The summed E-state index contributed by atoms with van der Waals surface area (Å²) in [6.07, 6.45) is 2.30. The molecule has 2 aromatic rings. The number of hydrogen-bond acceptors (Lipinski definition) is 2. The summed E-state index contributed by atoms with van der Waals surface area (Å²) in [6.45, 7) is 2.72. The lowest BCUT2D eigenvalue weighted by Crippen LogP contribution is -2.40. The van der Waals surface area contributed by atoms with E-state index >= 15 is 0 Å². The summed E-state index contributed by atoms with van der Waals surface area (Å²) in [5.41, 5.74) is 3.81. The third-order valence-electron chi connectivity index (χ3n) is 4.60. The maximum atomic E-state index is 12.4. The second-order valence-electron chi connectivity index (χ2n) is 5.96. The number of methoxy groups -OCH3 is 1. The molecule has 2 aromatic carbocycles. The number of rotatable bonds is 4. The standard InChI is InChI=1S/C20H23NO2/c1-3-20(22)21-12-11-16-14-17(23-2)9-10-18(16)19(21)13-15-7-5-4-6-8-15/h4-10,14,19H,3,11-13H2,1-2H3. The van der Waals surface area contributed by atoms with Gasteiger partial charge in [-0.2, -0.15) is 0 Å². The molecule has 1 unspecified atom stereocenters. The van der Waals surface area contributed by atoms with E-state index in [4.69, 9.17) is 4.74 Å². The lowest BCUT2D eigenvalue weighted by Gasteiger charge is -2.37. The number of amides is 1. The highest BCUT2D eigenvalue weighted by atomic mass is 16.5. The van der Waals surface area contributed by atoms with Crippen LogP contribution >= 0.6 is 0 Å². The highest BCUT2D eigenvalue weighted by Gasteiger charge is 2.30. The van der Waals surface area contributed by atoms with E-state index in [0.717, 1.165) is 25.1 Å². The quantitative estimate of drug-likeness (QED) is 0.860. The Bertz CT molecular complexity index is 681. The Balaban J connectivity index is 1.97. The lowest BCUT2D eigenvalue weighted by molar-refractivity contribution is -0.133. The summed E-state index contributed by atoms with van der Waals surface area (Å²) < 4.78 is 5.35. The van der Waals surface area contributed by atoms with Crippen molar-refractivity contribution in [3.05, 3.63) is 65.2 Å². The monoisotopic (exact) mass is 309 g/mol. The molecule has 1 aliphatic rings. The van der Waals surface area contributed by atoms with E-state index in [2.05, 4.69) is 36.4 Å². The molecule has 1 amide bonds. The Morgan fingerprint density at radius 2 is 2.00 bits per heavy atom. The van der Waals surface area contributed by atoms with Gasteiger partial charge in [0.25, 0.3) is 0 Å². The fourth-order valence-electron chi connectivity index (χ4n) is 3.37. The van der Waals surface area contributed by atoms with Gasteiger partial charge >= 0.3 is 0 Å². The molecule has 3 rings (SSSR count). The average Bonchev–Trinajstić information content (AvgIpc) is 2.61. The Morgan fingerprint density at radius 3 is 2.70 bits per heavy atom. The van der Waals surface area contributed by atoms with Crippen molar-refractivity contribution < 1.29 is 9.53 Å². The van der Waals surface area contributed by atoms with Crippen LogP contribution in [0.5, 0.6) is 5.75 Å². The van der Waals surface area contributed by atoms with E-state index in [1.807, 2.05) is 24.0 Å². The van der Waals surface area contributed by atoms with Crippen molar-refractivity contribution >= 4 is 5.91 Å². The second-order valence-corrected chi connectivity index (χ2v) is 5.96. The van der Waals surface area contributed by atoms with Crippen LogP contribution in [0.4, 0.5) is 0 Å². The molecule has 0 aliphatic carbocycles. The third-order valence-corrected chi connectivity index (χ3v) is 4.60. The van der Waals surface area contributed by atoms with Crippen molar-refractivity contribution in [2.75, 3.05) is 13.7 Å². The van der Waals surface area contributed by atoms with Gasteiger partial charge in [0.15, 0.2) is 0 Å². The first-order valence-electron chi connectivity index (χ1n) is 8.23. The lowest BCUT2D eigenvalue weighted by atomic mass is 9.88. The van der Waals surface area contributed by atoms with Crippen molar-refractivity contribution in [2.45, 2.75) is 32.2 Å². The summed E-state index contributed by atoms with van der Waals surface area (Å²) >= 11 is 0. The van der Waals surface area contributed by atoms with Crippen molar-refractivity contribution in [2.24, 2.45) is 0 Å². The summed E-state index contributed by atoms with van der Waals surface area (Å²) in [5.74, 6) is 1.12. The van der Waals surface area contributed by atoms with Crippen LogP contribution in [0.1, 0.15) is 36.1 Å². The maximum Gasteiger partial charge on any atom is 0.222 e. The van der Waals surface area contributed by atoms with Gasteiger partial charge in [-0.1, -0.05) is 43.3 Å². The predicted molar refractivity (Wildman–Crippen MR) is 91.6 cm³/mol. The number of benzene rings is 2. The van der Waals surface area contributed by atoms with Gasteiger partial charge in [0, 0.05) is 13.0 Å². The Kier molecular flexibility index (Phi) is 4.65. The summed E-state index contributed by atoms with van der Waals surface area (Å²) in [7, 11) is 1.69. The predicted octanol–water partition coefficient (Wildman–Crippen LogP) is 3.77. The first-order valence-corrected chi connectivity index (χ1v) is 8.23. The van der Waals surface area contributed by atoms with Crippen LogP contribution in [0.15, 0.2) is 48.5 Å². The van der Waals surface area contributed by atoms with Crippen LogP contribution in [-0.4, -0.2) is 24.5 Å². The van der Waals surface area contributed by atoms with E-state index < -0.39 is 0 Å². The average molecular weight is 309 g/mol. The Labute approximate surface area is 137 Å². The molecule has 3 heteroatoms. The van der Waals surface area contributed by atoms with Gasteiger partial charge in [-0.3, -0.25) is 4.79 Å². The summed E-state index contributed by atoms with van der Waals surface area (Å²) in [4.78, 5) is 14.4. The van der Waals surface area contributed by atoms with Crippen molar-refractivity contribution in [3.63, 3.8) is 0 Å². The fourth-order valence-corrected chi connectivity index (χ4v) is 3.37. The van der Waals surface area contributed by atoms with E-state index in [1.165, 1.54) is 16.7 Å². The van der Waals surface area contributed by atoms with E-state index in [-0.39, 0.29) is 11.9 Å². The van der Waals surface area contributed by atoms with Gasteiger partial charge in [0.2, 0.25) is 5.91 Å². The normalized spacial score (nSPS) is 16.8. The number of hydrogen-bond donors (Lipinski definition) is 0. The highest BCUT2D eigenvalue weighted by Crippen LogP contribution is 2.34. The molecule has 0 saturated heterocycles. The molecule has 0 saturated carbocycles. The number of ether oxygens (including phenoxy) is 1. The minimum absolute atomic E-state index is 0.111. The van der Waals surface area contributed by atoms with Gasteiger partial charge in [-0.15, -0.1) is 0 Å². The summed E-state index contributed by atoms with van der Waals surface area (Å²) in [6, 6.07) is 16.7. The van der Waals surface area contributed by atoms with E-state index in [0.29, 0.717) is 6.42 Å². The molecule has 0 N–H and O–H groups in total. The minimum Gasteiger partial charge on any atom is -0.497 e. The first kappa shape index (κ1) is 15.6. The molecule has 1 aliphatic heterocycles. The molecule has 120 valence electrons. The SMILES string of the molecule is CCC(=O)N1CCc2cc(OC)ccc2C1Cc1ccccc1. The number of fused-ring (bicyclic) bond motifs is 1.